The van der Waals surface area contributed by atoms with E-state index in [4.69, 9.17) is 4.74 Å². The predicted octanol–water partition coefficient (Wildman–Crippen LogP) is 5.28. The van der Waals surface area contributed by atoms with Crippen molar-refractivity contribution in [3.8, 4) is 11.5 Å². The van der Waals surface area contributed by atoms with E-state index in [1.54, 1.807) is 18.0 Å². The molecule has 0 fully saturated rings. The molecule has 0 aliphatic rings. The largest absolute Gasteiger partial charge is 0.457 e. The Morgan fingerprint density at radius 3 is 2.55 bits per heavy atom. The Morgan fingerprint density at radius 2 is 1.86 bits per heavy atom. The van der Waals surface area contributed by atoms with Crippen LogP contribution in [-0.2, 0) is 7.05 Å². The molecular weight excluding hydrogens is 407 g/mol. The summed E-state index contributed by atoms with van der Waals surface area (Å²) in [5.74, 6) is 1.69. The normalized spacial score (nSPS) is 10.7. The van der Waals surface area contributed by atoms with Crippen LogP contribution in [0.1, 0.15) is 5.56 Å². The molecule has 3 rings (SSSR count). The number of ether oxygens (including phenoxy) is 1. The maximum absolute atomic E-state index is 5.96. The molecule has 0 amide bonds. The Kier molecular flexibility index (Phi) is 4.73. The minimum Gasteiger partial charge on any atom is -0.457 e. The van der Waals surface area contributed by atoms with Crippen molar-refractivity contribution >= 4 is 34.4 Å². The lowest BCUT2D eigenvalue weighted by molar-refractivity contribution is 0.481. The average molecular weight is 422 g/mol. The SMILES string of the molecule is Cc1cc(Oc2ccc(I)cc2)cc(Sc2nccn2C)c1. The Hall–Kier alpha value is -1.47. The Bertz CT molecular complexity index is 784. The summed E-state index contributed by atoms with van der Waals surface area (Å²) in [6.07, 6.45) is 3.75. The van der Waals surface area contributed by atoms with Gasteiger partial charge in [-0.1, -0.05) is 11.8 Å². The first-order valence-electron chi connectivity index (χ1n) is 6.80. The van der Waals surface area contributed by atoms with Gasteiger partial charge in [0.15, 0.2) is 5.16 Å². The zero-order valence-electron chi connectivity index (χ0n) is 12.3. The highest BCUT2D eigenvalue weighted by molar-refractivity contribution is 14.1. The van der Waals surface area contributed by atoms with Gasteiger partial charge in [0.1, 0.15) is 11.5 Å². The lowest BCUT2D eigenvalue weighted by Crippen LogP contribution is -1.90. The Balaban J connectivity index is 1.83. The van der Waals surface area contributed by atoms with E-state index >= 15 is 0 Å². The second-order valence-electron chi connectivity index (χ2n) is 4.96. The molecule has 5 heteroatoms. The van der Waals surface area contributed by atoms with Crippen LogP contribution < -0.4 is 4.74 Å². The summed E-state index contributed by atoms with van der Waals surface area (Å²) >= 11 is 3.92. The number of imidazole rings is 1. The van der Waals surface area contributed by atoms with Crippen LogP contribution in [0.15, 0.2) is 64.9 Å². The molecule has 0 saturated heterocycles. The van der Waals surface area contributed by atoms with Crippen molar-refractivity contribution in [1.29, 1.82) is 0 Å². The molecule has 3 aromatic rings. The standard InChI is InChI=1S/C17H15IN2OS/c1-12-9-15(21-14-5-3-13(18)4-6-14)11-16(10-12)22-17-19-7-8-20(17)2/h3-11H,1-2H3. The molecule has 1 heterocycles. The summed E-state index contributed by atoms with van der Waals surface area (Å²) in [6, 6.07) is 14.3. The Labute approximate surface area is 147 Å². The molecule has 0 saturated carbocycles. The maximum Gasteiger partial charge on any atom is 0.172 e. The zero-order valence-corrected chi connectivity index (χ0v) is 15.3. The van der Waals surface area contributed by atoms with Crippen molar-refractivity contribution in [3.05, 3.63) is 64.0 Å². The second kappa shape index (κ2) is 6.75. The highest BCUT2D eigenvalue weighted by Gasteiger charge is 2.06. The fourth-order valence-corrected chi connectivity index (χ4v) is 3.33. The van der Waals surface area contributed by atoms with Crippen molar-refractivity contribution in [2.75, 3.05) is 0 Å². The van der Waals surface area contributed by atoms with E-state index in [0.717, 1.165) is 21.6 Å². The van der Waals surface area contributed by atoms with Gasteiger partial charge in [-0.3, -0.25) is 0 Å². The number of benzene rings is 2. The molecule has 3 nitrogen and oxygen atoms in total. The lowest BCUT2D eigenvalue weighted by atomic mass is 10.2. The van der Waals surface area contributed by atoms with Crippen molar-refractivity contribution in [2.45, 2.75) is 17.0 Å². The van der Waals surface area contributed by atoms with Crippen molar-refractivity contribution in [3.63, 3.8) is 0 Å². The number of aromatic nitrogens is 2. The number of hydrogen-bond acceptors (Lipinski definition) is 3. The molecule has 0 spiro atoms. The van der Waals surface area contributed by atoms with Gasteiger partial charge in [0.05, 0.1) is 0 Å². The van der Waals surface area contributed by atoms with Crippen LogP contribution in [0.25, 0.3) is 0 Å². The number of aryl methyl sites for hydroxylation is 2. The van der Waals surface area contributed by atoms with Crippen LogP contribution in [-0.4, -0.2) is 9.55 Å². The van der Waals surface area contributed by atoms with E-state index in [2.05, 4.69) is 40.6 Å². The van der Waals surface area contributed by atoms with Crippen molar-refractivity contribution < 1.29 is 4.74 Å². The first-order valence-corrected chi connectivity index (χ1v) is 8.70. The van der Waals surface area contributed by atoms with Gasteiger partial charge in [-0.2, -0.15) is 0 Å². The summed E-state index contributed by atoms with van der Waals surface area (Å²) in [5.41, 5.74) is 1.17. The third-order valence-corrected chi connectivity index (χ3v) is 4.83. The van der Waals surface area contributed by atoms with Gasteiger partial charge in [-0.05, 0) is 77.5 Å². The molecule has 112 valence electrons. The third kappa shape index (κ3) is 3.84. The first kappa shape index (κ1) is 15.4. The molecule has 1 aromatic heterocycles. The predicted molar refractivity (Wildman–Crippen MR) is 97.7 cm³/mol. The molecule has 0 unspecified atom stereocenters. The molecule has 0 bridgehead atoms. The number of hydrogen-bond donors (Lipinski definition) is 0. The summed E-state index contributed by atoms with van der Waals surface area (Å²) in [6.45, 7) is 2.07. The summed E-state index contributed by atoms with van der Waals surface area (Å²) in [7, 11) is 1.99. The van der Waals surface area contributed by atoms with Gasteiger partial charge < -0.3 is 9.30 Å². The minimum absolute atomic E-state index is 0.845. The molecule has 0 radical (unpaired) electrons. The smallest absolute Gasteiger partial charge is 0.172 e. The van der Waals surface area contributed by atoms with Crippen LogP contribution in [0, 0.1) is 10.5 Å². The van der Waals surface area contributed by atoms with Crippen LogP contribution in [0.5, 0.6) is 11.5 Å². The van der Waals surface area contributed by atoms with Gasteiger partial charge >= 0.3 is 0 Å². The highest BCUT2D eigenvalue weighted by atomic mass is 127. The van der Waals surface area contributed by atoms with E-state index in [1.165, 1.54) is 9.13 Å². The van der Waals surface area contributed by atoms with Gasteiger partial charge in [-0.25, -0.2) is 4.98 Å². The summed E-state index contributed by atoms with van der Waals surface area (Å²) in [4.78, 5) is 5.47. The van der Waals surface area contributed by atoms with Gasteiger partial charge in [0.25, 0.3) is 0 Å². The Morgan fingerprint density at radius 1 is 1.09 bits per heavy atom. The molecule has 2 aromatic carbocycles. The highest BCUT2D eigenvalue weighted by Crippen LogP contribution is 2.32. The van der Waals surface area contributed by atoms with Crippen LogP contribution in [0.4, 0.5) is 0 Å². The molecule has 0 aliphatic carbocycles. The van der Waals surface area contributed by atoms with E-state index in [0.29, 0.717) is 0 Å². The fourth-order valence-electron chi connectivity index (χ4n) is 2.03. The van der Waals surface area contributed by atoms with E-state index < -0.39 is 0 Å². The monoisotopic (exact) mass is 422 g/mol. The molecule has 0 aliphatic heterocycles. The molecule has 0 atom stereocenters. The minimum atomic E-state index is 0.845. The van der Waals surface area contributed by atoms with Crippen molar-refractivity contribution in [1.82, 2.24) is 9.55 Å². The number of nitrogens with zero attached hydrogens (tertiary/aromatic N) is 2. The summed E-state index contributed by atoms with van der Waals surface area (Å²) < 4.78 is 9.16. The van der Waals surface area contributed by atoms with Gasteiger partial charge in [-0.15, -0.1) is 0 Å². The first-order chi connectivity index (χ1) is 10.6. The van der Waals surface area contributed by atoms with Crippen LogP contribution in [0.3, 0.4) is 0 Å². The topological polar surface area (TPSA) is 27.1 Å². The van der Waals surface area contributed by atoms with E-state index in [9.17, 15) is 0 Å². The van der Waals surface area contributed by atoms with E-state index in [-0.39, 0.29) is 0 Å². The average Bonchev–Trinajstić information content (AvgIpc) is 2.86. The van der Waals surface area contributed by atoms with E-state index in [1.807, 2.05) is 54.2 Å². The van der Waals surface area contributed by atoms with Gasteiger partial charge in [0.2, 0.25) is 0 Å². The second-order valence-corrected chi connectivity index (χ2v) is 7.25. The van der Waals surface area contributed by atoms with Crippen LogP contribution >= 0.6 is 34.4 Å². The lowest BCUT2D eigenvalue weighted by Gasteiger charge is -2.09. The summed E-state index contributed by atoms with van der Waals surface area (Å²) in [5, 5.41) is 0.964. The molecular formula is C17H15IN2OS. The van der Waals surface area contributed by atoms with Gasteiger partial charge in [0, 0.05) is 27.9 Å². The fraction of sp³-hybridized carbons (Fsp3) is 0.118. The number of rotatable bonds is 4. The maximum atomic E-state index is 5.96. The third-order valence-electron chi connectivity index (χ3n) is 3.06. The molecule has 0 N–H and O–H groups in total. The number of halogens is 1. The van der Waals surface area contributed by atoms with Crippen molar-refractivity contribution in [2.24, 2.45) is 7.05 Å². The quantitative estimate of drug-likeness (QED) is 0.536. The zero-order chi connectivity index (χ0) is 15.5. The van der Waals surface area contributed by atoms with Crippen LogP contribution in [0.2, 0.25) is 0 Å². The molecule has 22 heavy (non-hydrogen) atoms.